The molecule has 1 nitrogen and oxygen atoms in total. The fourth-order valence-electron chi connectivity index (χ4n) is 2.31. The molecule has 70 valence electrons. The van der Waals surface area contributed by atoms with Gasteiger partial charge in [-0.2, -0.15) is 0 Å². The first-order valence-corrected chi connectivity index (χ1v) is 4.72. The van der Waals surface area contributed by atoms with Crippen LogP contribution >= 0.6 is 0 Å². The first kappa shape index (κ1) is 9.79. The Morgan fingerprint density at radius 3 is 2.33 bits per heavy atom. The molecule has 1 fully saturated rings. The summed E-state index contributed by atoms with van der Waals surface area (Å²) >= 11 is 0. The summed E-state index contributed by atoms with van der Waals surface area (Å²) in [6, 6.07) is 0. The topological polar surface area (TPSA) is 20.2 Å². The van der Waals surface area contributed by atoms with Gasteiger partial charge in [0, 0.05) is 6.61 Å². The van der Waals surface area contributed by atoms with Crippen molar-refractivity contribution in [2.24, 2.45) is 16.7 Å². The molecule has 0 aliphatic heterocycles. The Morgan fingerprint density at radius 1 is 1.50 bits per heavy atom. The van der Waals surface area contributed by atoms with E-state index in [9.17, 15) is 5.11 Å². The fourth-order valence-corrected chi connectivity index (χ4v) is 2.31. The van der Waals surface area contributed by atoms with E-state index in [0.717, 1.165) is 12.8 Å². The molecule has 0 aromatic rings. The Hall–Kier alpha value is -0.300. The highest BCUT2D eigenvalue weighted by Gasteiger charge is 2.49. The number of aliphatic hydroxyl groups excluding tert-OH is 1. The lowest BCUT2D eigenvalue weighted by Crippen LogP contribution is -2.33. The second-order valence-electron chi connectivity index (χ2n) is 4.76. The maximum atomic E-state index is 9.20. The SMILES string of the molecule is C=C[C@]1(C)CC[C@H](CO)C1(C)C. The van der Waals surface area contributed by atoms with Gasteiger partial charge in [-0.25, -0.2) is 0 Å². The minimum atomic E-state index is 0.198. The Bertz CT molecular complexity index is 183. The van der Waals surface area contributed by atoms with Crippen molar-refractivity contribution in [2.45, 2.75) is 33.6 Å². The van der Waals surface area contributed by atoms with E-state index in [1.54, 1.807) is 0 Å². The smallest absolute Gasteiger partial charge is 0.0464 e. The lowest BCUT2D eigenvalue weighted by molar-refractivity contribution is 0.0864. The minimum absolute atomic E-state index is 0.198. The van der Waals surface area contributed by atoms with Gasteiger partial charge in [0.2, 0.25) is 0 Å². The average molecular weight is 168 g/mol. The van der Waals surface area contributed by atoms with E-state index in [1.807, 2.05) is 0 Å². The quantitative estimate of drug-likeness (QED) is 0.628. The van der Waals surface area contributed by atoms with Gasteiger partial charge in [-0.3, -0.25) is 0 Å². The summed E-state index contributed by atoms with van der Waals surface area (Å²) in [6.07, 6.45) is 4.35. The predicted octanol–water partition coefficient (Wildman–Crippen LogP) is 2.61. The van der Waals surface area contributed by atoms with Crippen molar-refractivity contribution in [3.05, 3.63) is 12.7 Å². The molecule has 0 saturated heterocycles. The van der Waals surface area contributed by atoms with Crippen LogP contribution in [0.5, 0.6) is 0 Å². The van der Waals surface area contributed by atoms with Crippen molar-refractivity contribution < 1.29 is 5.11 Å². The molecule has 0 aromatic carbocycles. The van der Waals surface area contributed by atoms with Gasteiger partial charge in [0.15, 0.2) is 0 Å². The molecule has 0 spiro atoms. The molecule has 0 amide bonds. The molecule has 1 saturated carbocycles. The zero-order valence-electron chi connectivity index (χ0n) is 8.43. The van der Waals surface area contributed by atoms with Gasteiger partial charge >= 0.3 is 0 Å². The third-order valence-corrected chi connectivity index (χ3v) is 4.18. The van der Waals surface area contributed by atoms with Crippen LogP contribution in [0.4, 0.5) is 0 Å². The molecule has 0 unspecified atom stereocenters. The van der Waals surface area contributed by atoms with Crippen LogP contribution in [0.2, 0.25) is 0 Å². The number of aliphatic hydroxyl groups is 1. The average Bonchev–Trinajstić information content (AvgIpc) is 2.25. The summed E-state index contributed by atoms with van der Waals surface area (Å²) in [5, 5.41) is 9.20. The van der Waals surface area contributed by atoms with Crippen LogP contribution in [-0.4, -0.2) is 11.7 Å². The van der Waals surface area contributed by atoms with Crippen molar-refractivity contribution in [2.75, 3.05) is 6.61 Å². The highest BCUT2D eigenvalue weighted by molar-refractivity contribution is 5.08. The summed E-state index contributed by atoms with van der Waals surface area (Å²) < 4.78 is 0. The van der Waals surface area contributed by atoms with Gasteiger partial charge in [-0.1, -0.05) is 26.8 Å². The van der Waals surface area contributed by atoms with Crippen LogP contribution in [-0.2, 0) is 0 Å². The van der Waals surface area contributed by atoms with Gasteiger partial charge in [0.25, 0.3) is 0 Å². The van der Waals surface area contributed by atoms with Crippen molar-refractivity contribution in [3.63, 3.8) is 0 Å². The molecule has 1 N–H and O–H groups in total. The Kier molecular flexibility index (Phi) is 2.35. The maximum Gasteiger partial charge on any atom is 0.0464 e. The molecule has 1 rings (SSSR count). The molecule has 1 heteroatoms. The standard InChI is InChI=1S/C11H20O/c1-5-11(4)7-6-9(8-12)10(11,2)3/h5,9,12H,1,6-8H2,2-4H3/t9-,11-/m1/s1. The lowest BCUT2D eigenvalue weighted by Gasteiger charge is -2.39. The van der Waals surface area contributed by atoms with Crippen LogP contribution in [0.1, 0.15) is 33.6 Å². The summed E-state index contributed by atoms with van der Waals surface area (Å²) in [7, 11) is 0. The molecule has 1 aliphatic rings. The highest BCUT2D eigenvalue weighted by atomic mass is 16.3. The summed E-state index contributed by atoms with van der Waals surface area (Å²) in [5.74, 6) is 0.445. The molecule has 1 aliphatic carbocycles. The zero-order valence-corrected chi connectivity index (χ0v) is 8.43. The summed E-state index contributed by atoms with van der Waals surface area (Å²) in [6.45, 7) is 10.9. The molecule has 0 heterocycles. The lowest BCUT2D eigenvalue weighted by atomic mass is 9.66. The number of hydrogen-bond acceptors (Lipinski definition) is 1. The number of rotatable bonds is 2. The van der Waals surface area contributed by atoms with Crippen molar-refractivity contribution >= 4 is 0 Å². The molecular weight excluding hydrogens is 148 g/mol. The van der Waals surface area contributed by atoms with E-state index in [0.29, 0.717) is 12.5 Å². The van der Waals surface area contributed by atoms with Crippen molar-refractivity contribution in [3.8, 4) is 0 Å². The minimum Gasteiger partial charge on any atom is -0.396 e. The zero-order chi connectivity index (χ0) is 9.41. The number of hydrogen-bond donors (Lipinski definition) is 1. The second-order valence-corrected chi connectivity index (χ2v) is 4.76. The van der Waals surface area contributed by atoms with E-state index in [4.69, 9.17) is 0 Å². The molecule has 0 bridgehead atoms. The number of allylic oxidation sites excluding steroid dienone is 1. The third kappa shape index (κ3) is 1.11. The molecule has 0 aromatic heterocycles. The van der Waals surface area contributed by atoms with Crippen LogP contribution < -0.4 is 0 Å². The normalized spacial score (nSPS) is 39.8. The third-order valence-electron chi connectivity index (χ3n) is 4.18. The maximum absolute atomic E-state index is 9.20. The molecule has 2 atom stereocenters. The van der Waals surface area contributed by atoms with E-state index >= 15 is 0 Å². The van der Waals surface area contributed by atoms with Crippen LogP contribution in [0.15, 0.2) is 12.7 Å². The van der Waals surface area contributed by atoms with Crippen LogP contribution in [0.3, 0.4) is 0 Å². The monoisotopic (exact) mass is 168 g/mol. The van der Waals surface area contributed by atoms with Gasteiger partial charge < -0.3 is 5.11 Å². The molecular formula is C11H20O. The van der Waals surface area contributed by atoms with E-state index in [1.165, 1.54) is 0 Å². The predicted molar refractivity (Wildman–Crippen MR) is 51.9 cm³/mol. The van der Waals surface area contributed by atoms with E-state index in [-0.39, 0.29) is 10.8 Å². The van der Waals surface area contributed by atoms with Crippen molar-refractivity contribution in [1.29, 1.82) is 0 Å². The van der Waals surface area contributed by atoms with Gasteiger partial charge in [0.05, 0.1) is 0 Å². The van der Waals surface area contributed by atoms with Crippen LogP contribution in [0.25, 0.3) is 0 Å². The fraction of sp³-hybridized carbons (Fsp3) is 0.818. The summed E-state index contributed by atoms with van der Waals surface area (Å²) in [4.78, 5) is 0. The molecule has 0 radical (unpaired) electrons. The first-order valence-electron chi connectivity index (χ1n) is 4.72. The second kappa shape index (κ2) is 2.88. The van der Waals surface area contributed by atoms with E-state index < -0.39 is 0 Å². The van der Waals surface area contributed by atoms with Crippen LogP contribution in [0, 0.1) is 16.7 Å². The first-order chi connectivity index (χ1) is 5.48. The van der Waals surface area contributed by atoms with Gasteiger partial charge in [-0.05, 0) is 29.6 Å². The van der Waals surface area contributed by atoms with Crippen molar-refractivity contribution in [1.82, 2.24) is 0 Å². The Morgan fingerprint density at radius 2 is 2.08 bits per heavy atom. The largest absolute Gasteiger partial charge is 0.396 e. The van der Waals surface area contributed by atoms with E-state index in [2.05, 4.69) is 33.4 Å². The Labute approximate surface area is 75.5 Å². The highest BCUT2D eigenvalue weighted by Crippen LogP contribution is 2.56. The Balaban J connectivity index is 2.91. The summed E-state index contributed by atoms with van der Waals surface area (Å²) in [5.41, 5.74) is 0.407. The van der Waals surface area contributed by atoms with Gasteiger partial charge in [0.1, 0.15) is 0 Å². The van der Waals surface area contributed by atoms with Gasteiger partial charge in [-0.15, -0.1) is 6.58 Å². The molecule has 12 heavy (non-hydrogen) atoms.